The molecule has 4 heterocycles. The SMILES string of the molecule is CCc1cc2ncc(CN3CCN(CCNC(=O)c4ccc(N5C(=S)N(c6ccc(C#N)c(C(F)(F)F)c6)C(=O)C5(C)C)cc4F)CC3)cc2[nH]c1=O. The first kappa shape index (κ1) is 37.5. The van der Waals surface area contributed by atoms with Crippen LogP contribution in [0.5, 0.6) is 0 Å². The van der Waals surface area contributed by atoms with Gasteiger partial charge in [0.1, 0.15) is 11.4 Å². The highest BCUT2D eigenvalue weighted by atomic mass is 32.1. The molecule has 2 amide bonds. The molecular formula is C37H36F4N8O3S. The Kier molecular flexibility index (Phi) is 10.4. The minimum absolute atomic E-state index is 0.0997. The van der Waals surface area contributed by atoms with E-state index in [0.29, 0.717) is 36.7 Å². The quantitative estimate of drug-likeness (QED) is 0.180. The molecule has 2 aliphatic rings. The number of hydrogen-bond acceptors (Lipinski definition) is 8. The van der Waals surface area contributed by atoms with Crippen LogP contribution in [0.3, 0.4) is 0 Å². The van der Waals surface area contributed by atoms with Gasteiger partial charge in [0.25, 0.3) is 17.4 Å². The first-order valence-electron chi connectivity index (χ1n) is 17.0. The molecule has 6 rings (SSSR count). The molecular weight excluding hydrogens is 713 g/mol. The number of H-pyrrole nitrogens is 1. The largest absolute Gasteiger partial charge is 0.417 e. The monoisotopic (exact) mass is 748 g/mol. The number of aryl methyl sites for hydroxylation is 1. The van der Waals surface area contributed by atoms with Crippen molar-refractivity contribution in [2.24, 2.45) is 0 Å². The third kappa shape index (κ3) is 7.50. The van der Waals surface area contributed by atoms with Crippen LogP contribution < -0.4 is 20.7 Å². The summed E-state index contributed by atoms with van der Waals surface area (Å²) in [7, 11) is 0. The topological polar surface area (TPSA) is 129 Å². The summed E-state index contributed by atoms with van der Waals surface area (Å²) in [5.74, 6) is -2.15. The second-order valence-corrected chi connectivity index (χ2v) is 13.8. The van der Waals surface area contributed by atoms with Crippen molar-refractivity contribution in [1.82, 2.24) is 25.1 Å². The van der Waals surface area contributed by atoms with E-state index in [4.69, 9.17) is 17.5 Å². The van der Waals surface area contributed by atoms with Gasteiger partial charge in [-0.15, -0.1) is 0 Å². The Morgan fingerprint density at radius 3 is 2.40 bits per heavy atom. The Labute approximate surface area is 307 Å². The Bertz CT molecular complexity index is 2210. The molecule has 2 saturated heterocycles. The molecule has 16 heteroatoms. The molecule has 2 aromatic carbocycles. The van der Waals surface area contributed by atoms with E-state index in [-0.39, 0.29) is 34.2 Å². The van der Waals surface area contributed by atoms with Gasteiger partial charge >= 0.3 is 6.18 Å². The minimum atomic E-state index is -4.85. The molecule has 0 unspecified atom stereocenters. The Morgan fingerprint density at radius 2 is 1.74 bits per heavy atom. The fourth-order valence-corrected chi connectivity index (χ4v) is 7.18. The number of aromatic nitrogens is 2. The third-order valence-electron chi connectivity index (χ3n) is 9.60. The van der Waals surface area contributed by atoms with Gasteiger partial charge in [0, 0.05) is 63.3 Å². The molecule has 2 fully saturated rings. The van der Waals surface area contributed by atoms with Gasteiger partial charge in [-0.25, -0.2) is 4.39 Å². The van der Waals surface area contributed by atoms with E-state index >= 15 is 4.39 Å². The molecule has 0 bridgehead atoms. The van der Waals surface area contributed by atoms with Crippen LogP contribution in [-0.2, 0) is 23.9 Å². The minimum Gasteiger partial charge on any atom is -0.351 e. The van der Waals surface area contributed by atoms with E-state index in [1.165, 1.54) is 43.0 Å². The number of anilines is 2. The third-order valence-corrected chi connectivity index (χ3v) is 9.97. The van der Waals surface area contributed by atoms with E-state index in [1.807, 2.05) is 25.3 Å². The average Bonchev–Trinajstić information content (AvgIpc) is 3.29. The highest BCUT2D eigenvalue weighted by Gasteiger charge is 2.51. The summed E-state index contributed by atoms with van der Waals surface area (Å²) in [4.78, 5) is 52.9. The van der Waals surface area contributed by atoms with Crippen LogP contribution in [0.2, 0.25) is 0 Å². The zero-order chi connectivity index (χ0) is 38.2. The fraction of sp³-hybridized carbons (Fsp3) is 0.351. The van der Waals surface area contributed by atoms with Gasteiger partial charge in [-0.1, -0.05) is 6.92 Å². The van der Waals surface area contributed by atoms with Gasteiger partial charge in [0.2, 0.25) is 0 Å². The molecule has 53 heavy (non-hydrogen) atoms. The van der Waals surface area contributed by atoms with Crippen molar-refractivity contribution < 1.29 is 27.2 Å². The zero-order valence-corrected chi connectivity index (χ0v) is 30.0. The second kappa shape index (κ2) is 14.6. The number of fused-ring (bicyclic) bond motifs is 1. The molecule has 2 aliphatic heterocycles. The Morgan fingerprint density at radius 1 is 1.04 bits per heavy atom. The lowest BCUT2D eigenvalue weighted by Gasteiger charge is -2.34. The summed E-state index contributed by atoms with van der Waals surface area (Å²) in [5.41, 5.74) is -0.459. The van der Waals surface area contributed by atoms with Crippen molar-refractivity contribution in [1.29, 1.82) is 5.26 Å². The normalized spacial score (nSPS) is 16.7. The molecule has 0 saturated carbocycles. The standard InChI is InChI=1S/C37H36F4N8O3S/c1-4-23-16-30-31(45-32(23)50)15-22(20-44-30)21-47-13-11-46(12-14-47)10-9-43-33(51)27-8-7-26(18-29(27)38)49-35(53)48(34(52)36(49,2)3)25-6-5-24(19-42)28(17-25)37(39,40)41/h5-8,15-18,20H,4,9-14,21H2,1-3H3,(H,43,51)(H,45,50). The second-order valence-electron chi connectivity index (χ2n) is 13.4. The van der Waals surface area contributed by atoms with Crippen LogP contribution >= 0.6 is 12.2 Å². The van der Waals surface area contributed by atoms with Crippen LogP contribution in [-0.4, -0.2) is 81.5 Å². The van der Waals surface area contributed by atoms with Crippen LogP contribution in [0.25, 0.3) is 11.0 Å². The molecule has 0 spiro atoms. The van der Waals surface area contributed by atoms with Gasteiger partial charge in [-0.05, 0) is 86.6 Å². The van der Waals surface area contributed by atoms with E-state index in [1.54, 1.807) is 0 Å². The molecule has 0 atom stereocenters. The smallest absolute Gasteiger partial charge is 0.351 e. The maximum Gasteiger partial charge on any atom is 0.417 e. The lowest BCUT2D eigenvalue weighted by Crippen LogP contribution is -2.48. The number of nitriles is 1. The average molecular weight is 749 g/mol. The number of halogens is 4. The van der Waals surface area contributed by atoms with Crippen LogP contribution in [0.1, 0.15) is 53.4 Å². The van der Waals surface area contributed by atoms with Crippen LogP contribution in [0.4, 0.5) is 28.9 Å². The number of carbonyl (C=O) groups excluding carboxylic acids is 2. The van der Waals surface area contributed by atoms with Gasteiger partial charge < -0.3 is 15.2 Å². The maximum atomic E-state index is 15.4. The summed E-state index contributed by atoms with van der Waals surface area (Å²) in [6.07, 6.45) is -2.39. The van der Waals surface area contributed by atoms with Gasteiger partial charge in [0.15, 0.2) is 5.11 Å². The first-order chi connectivity index (χ1) is 25.1. The van der Waals surface area contributed by atoms with Crippen LogP contribution in [0.15, 0.2) is 59.5 Å². The number of benzene rings is 2. The molecule has 0 aliphatic carbocycles. The number of hydrogen-bond donors (Lipinski definition) is 2. The van der Waals surface area contributed by atoms with Crippen molar-refractivity contribution in [3.8, 4) is 6.07 Å². The Balaban J connectivity index is 1.04. The number of thiocarbonyl (C=S) groups is 1. The summed E-state index contributed by atoms with van der Waals surface area (Å²) >= 11 is 5.53. The zero-order valence-electron chi connectivity index (χ0n) is 29.2. The van der Waals surface area contributed by atoms with Crippen LogP contribution in [0, 0.1) is 17.1 Å². The predicted octanol–water partition coefficient (Wildman–Crippen LogP) is 4.98. The van der Waals surface area contributed by atoms with E-state index in [0.717, 1.165) is 54.3 Å². The number of nitrogens with one attached hydrogen (secondary N) is 2. The van der Waals surface area contributed by atoms with Crippen molar-refractivity contribution in [2.45, 2.75) is 45.5 Å². The number of aromatic amines is 1. The number of alkyl halides is 3. The van der Waals surface area contributed by atoms with Crippen molar-refractivity contribution in [3.63, 3.8) is 0 Å². The summed E-state index contributed by atoms with van der Waals surface area (Å²) < 4.78 is 56.4. The van der Waals surface area contributed by atoms with Gasteiger partial charge in [-0.3, -0.25) is 34.1 Å². The highest BCUT2D eigenvalue weighted by molar-refractivity contribution is 7.81. The number of carbonyl (C=O) groups is 2. The molecule has 2 N–H and O–H groups in total. The lowest BCUT2D eigenvalue weighted by atomic mass is 10.0. The van der Waals surface area contributed by atoms with Gasteiger partial charge in [0.05, 0.1) is 39.5 Å². The molecule has 4 aromatic rings. The summed E-state index contributed by atoms with van der Waals surface area (Å²) in [6, 6.07) is 11.9. The Hall–Kier alpha value is -5.24. The van der Waals surface area contributed by atoms with Crippen molar-refractivity contribution >= 4 is 51.6 Å². The predicted molar refractivity (Wildman–Crippen MR) is 195 cm³/mol. The van der Waals surface area contributed by atoms with Gasteiger partial charge in [-0.2, -0.15) is 18.4 Å². The van der Waals surface area contributed by atoms with E-state index in [2.05, 4.69) is 25.1 Å². The fourth-order valence-electron chi connectivity index (χ4n) is 6.65. The summed E-state index contributed by atoms with van der Waals surface area (Å²) in [6.45, 7) is 9.54. The highest BCUT2D eigenvalue weighted by Crippen LogP contribution is 2.40. The molecule has 276 valence electrons. The number of rotatable bonds is 9. The molecule has 11 nitrogen and oxygen atoms in total. The van der Waals surface area contributed by atoms with E-state index < -0.39 is 40.5 Å². The van der Waals surface area contributed by atoms with Crippen molar-refractivity contribution in [2.75, 3.05) is 49.1 Å². The number of amides is 2. The maximum absolute atomic E-state index is 15.4. The first-order valence-corrected chi connectivity index (χ1v) is 17.4. The number of piperazine rings is 1. The number of nitrogens with zero attached hydrogens (tertiary/aromatic N) is 6. The molecule has 0 radical (unpaired) electrons. The molecule has 2 aromatic heterocycles. The number of pyridine rings is 2. The lowest BCUT2D eigenvalue weighted by molar-refractivity contribution is -0.137. The van der Waals surface area contributed by atoms with Crippen molar-refractivity contribution in [3.05, 3.63) is 98.7 Å². The summed E-state index contributed by atoms with van der Waals surface area (Å²) in [5, 5.41) is 11.7. The van der Waals surface area contributed by atoms with E-state index in [9.17, 15) is 27.6 Å².